The van der Waals surface area contributed by atoms with Gasteiger partial charge < -0.3 is 0 Å². The Labute approximate surface area is 281 Å². The monoisotopic (exact) mass is 648 g/mol. The minimum absolute atomic E-state index is 0.675. The van der Waals surface area contributed by atoms with Crippen LogP contribution < -0.4 is 20.9 Å². The summed E-state index contributed by atoms with van der Waals surface area (Å²) in [5.41, 5.74) is 4.43. The van der Waals surface area contributed by atoms with Crippen molar-refractivity contribution in [2.24, 2.45) is 0 Å². The first-order valence-corrected chi connectivity index (χ1v) is 19.0. The number of nitrogens with zero attached hydrogens (tertiary/aromatic N) is 4. The molecule has 0 aliphatic heterocycles. The summed E-state index contributed by atoms with van der Waals surface area (Å²) in [5.74, 6) is 0.675. The Hall–Kier alpha value is -5.82. The van der Waals surface area contributed by atoms with Gasteiger partial charge in [-0.1, -0.05) is 127 Å². The topological polar surface area (TPSA) is 35.1 Å². The van der Waals surface area contributed by atoms with Gasteiger partial charge in [-0.2, -0.15) is 0 Å². The Morgan fingerprint density at radius 2 is 1.19 bits per heavy atom. The first-order valence-electron chi connectivity index (χ1n) is 16.2. The molecule has 0 saturated carbocycles. The fourth-order valence-electron chi connectivity index (χ4n) is 7.73. The van der Waals surface area contributed by atoms with Crippen LogP contribution in [0, 0.1) is 0 Å². The van der Waals surface area contributed by atoms with Crippen LogP contribution in [0.5, 0.6) is 0 Å². The summed E-state index contributed by atoms with van der Waals surface area (Å²) in [6, 6.07) is 59.3. The van der Waals surface area contributed by atoms with Crippen LogP contribution in [-0.4, -0.2) is 27.0 Å². The lowest BCUT2D eigenvalue weighted by atomic mass is 10.1. The van der Waals surface area contributed by atoms with Crippen molar-refractivity contribution in [2.45, 2.75) is 0 Å². The molecule has 4 heterocycles. The summed E-state index contributed by atoms with van der Waals surface area (Å²) in [6.45, 7) is 0. The zero-order valence-corrected chi connectivity index (χ0v) is 27.7. The van der Waals surface area contributed by atoms with Crippen LogP contribution in [0.3, 0.4) is 0 Å². The van der Waals surface area contributed by atoms with Crippen molar-refractivity contribution in [3.8, 4) is 5.95 Å². The van der Waals surface area contributed by atoms with Gasteiger partial charge in [0.25, 0.3) is 0 Å². The lowest BCUT2D eigenvalue weighted by molar-refractivity contribution is 0.990. The number of rotatable bonds is 5. The Morgan fingerprint density at radius 3 is 1.98 bits per heavy atom. The molecule has 6 heteroatoms. The predicted molar refractivity (Wildman–Crippen MR) is 204 cm³/mol. The molecule has 4 aromatic heterocycles. The van der Waals surface area contributed by atoms with Crippen molar-refractivity contribution in [3.05, 3.63) is 170 Å². The second-order valence-corrected chi connectivity index (χ2v) is 17.0. The molecular weight excluding hydrogens is 621 g/mol. The van der Waals surface area contributed by atoms with Gasteiger partial charge in [-0.15, -0.1) is 11.3 Å². The third-order valence-electron chi connectivity index (χ3n) is 9.73. The van der Waals surface area contributed by atoms with Gasteiger partial charge in [0.2, 0.25) is 14.0 Å². The van der Waals surface area contributed by atoms with E-state index in [2.05, 4.69) is 173 Å². The van der Waals surface area contributed by atoms with Gasteiger partial charge in [0, 0.05) is 37.1 Å². The van der Waals surface area contributed by atoms with Crippen LogP contribution in [0.2, 0.25) is 0 Å². The molecule has 0 aliphatic carbocycles. The number of hydrogen-bond donors (Lipinski definition) is 0. The minimum atomic E-state index is -3.00. The van der Waals surface area contributed by atoms with E-state index >= 15 is 0 Å². The second kappa shape index (κ2) is 10.6. The van der Waals surface area contributed by atoms with Gasteiger partial charge in [0.1, 0.15) is 5.65 Å². The summed E-state index contributed by atoms with van der Waals surface area (Å²) >= 11 is 1.89. The molecule has 0 spiro atoms. The maximum atomic E-state index is 5.65. The van der Waals surface area contributed by atoms with Crippen molar-refractivity contribution < 1.29 is 0 Å². The van der Waals surface area contributed by atoms with E-state index in [1.54, 1.807) is 0 Å². The van der Waals surface area contributed by atoms with Crippen molar-refractivity contribution in [2.75, 3.05) is 0 Å². The SMILES string of the molecule is c1ccc([Si](c2ccccc2)(c2ccnc(-n3c4ccccc4n4c5ccccc5cc34)n2)c2cccc3c2sc2ccccc23)cc1. The average molecular weight is 649 g/mol. The van der Waals surface area contributed by atoms with Crippen LogP contribution >= 0.6 is 11.3 Å². The smallest absolute Gasteiger partial charge is 0.235 e. The number of aromatic nitrogens is 4. The predicted octanol–water partition coefficient (Wildman–Crippen LogP) is 7.57. The van der Waals surface area contributed by atoms with Crippen molar-refractivity contribution in [1.82, 2.24) is 18.9 Å². The van der Waals surface area contributed by atoms with E-state index in [1.807, 2.05) is 17.5 Å². The van der Waals surface area contributed by atoms with Crippen molar-refractivity contribution in [3.63, 3.8) is 0 Å². The number of benzene rings is 6. The fraction of sp³-hybridized carbons (Fsp3) is 0. The number of hydrogen-bond acceptors (Lipinski definition) is 3. The van der Waals surface area contributed by atoms with Gasteiger partial charge in [-0.05, 0) is 52.0 Å². The molecule has 0 atom stereocenters. The highest BCUT2D eigenvalue weighted by atomic mass is 32.1. The zero-order chi connectivity index (χ0) is 31.7. The van der Waals surface area contributed by atoms with Gasteiger partial charge in [-0.3, -0.25) is 8.97 Å². The van der Waals surface area contributed by atoms with Crippen LogP contribution in [-0.2, 0) is 0 Å². The van der Waals surface area contributed by atoms with Gasteiger partial charge in [0.15, 0.2) is 0 Å². The van der Waals surface area contributed by atoms with Crippen LogP contribution in [0.1, 0.15) is 0 Å². The van der Waals surface area contributed by atoms with Crippen molar-refractivity contribution >= 4 is 88.0 Å². The summed E-state index contributed by atoms with van der Waals surface area (Å²) in [4.78, 5) is 10.7. The zero-order valence-electron chi connectivity index (χ0n) is 25.9. The highest BCUT2D eigenvalue weighted by Gasteiger charge is 2.45. The summed E-state index contributed by atoms with van der Waals surface area (Å²) in [6.07, 6.45) is 1.96. The third-order valence-corrected chi connectivity index (χ3v) is 15.8. The number of fused-ring (bicyclic) bond motifs is 8. The van der Waals surface area contributed by atoms with E-state index in [4.69, 9.17) is 9.97 Å². The largest absolute Gasteiger partial charge is 0.293 e. The molecular formula is C42H28N4SSi. The van der Waals surface area contributed by atoms with Gasteiger partial charge in [0.05, 0.1) is 16.6 Å². The summed E-state index contributed by atoms with van der Waals surface area (Å²) < 4.78 is 7.19. The minimum Gasteiger partial charge on any atom is -0.293 e. The number of thiophene rings is 1. The second-order valence-electron chi connectivity index (χ2n) is 12.2. The maximum absolute atomic E-state index is 5.65. The standard InChI is InChI=1S/C42H28N4SSi/c1-3-15-30(16-4-1)48(31-17-5-2-6-18-31,38-25-13-20-33-32-19-8-12-24-37(32)47-41(33)38)39-26-27-43-42(44-39)46-36-23-11-10-22-35(36)45-34-21-9-7-14-29(34)28-40(45)46/h1-28H. The van der Waals surface area contributed by atoms with Crippen molar-refractivity contribution in [1.29, 1.82) is 0 Å². The molecule has 0 amide bonds. The maximum Gasteiger partial charge on any atom is 0.235 e. The normalized spacial score (nSPS) is 12.2. The number of para-hydroxylation sites is 3. The molecule has 0 aliphatic rings. The van der Waals surface area contributed by atoms with Crippen LogP contribution in [0.15, 0.2) is 170 Å². The van der Waals surface area contributed by atoms with Crippen LogP contribution in [0.4, 0.5) is 0 Å². The molecule has 0 fully saturated rings. The highest BCUT2D eigenvalue weighted by Crippen LogP contribution is 2.34. The molecule has 10 aromatic rings. The lowest BCUT2D eigenvalue weighted by Gasteiger charge is -2.33. The fourth-order valence-corrected chi connectivity index (χ4v) is 14.1. The van der Waals surface area contributed by atoms with E-state index < -0.39 is 8.07 Å². The van der Waals surface area contributed by atoms with E-state index in [1.165, 1.54) is 46.6 Å². The first kappa shape index (κ1) is 27.3. The molecule has 226 valence electrons. The van der Waals surface area contributed by atoms with Gasteiger partial charge >= 0.3 is 0 Å². The van der Waals surface area contributed by atoms with E-state index in [0.29, 0.717) is 5.95 Å². The molecule has 0 saturated heterocycles. The summed E-state index contributed by atoms with van der Waals surface area (Å²) in [5, 5.41) is 8.78. The molecule has 6 aromatic carbocycles. The average Bonchev–Trinajstić information content (AvgIpc) is 3.82. The highest BCUT2D eigenvalue weighted by molar-refractivity contribution is 7.30. The molecule has 48 heavy (non-hydrogen) atoms. The van der Waals surface area contributed by atoms with E-state index in [9.17, 15) is 0 Å². The third kappa shape index (κ3) is 3.81. The molecule has 0 bridgehead atoms. The molecule has 4 nitrogen and oxygen atoms in total. The van der Waals surface area contributed by atoms with Gasteiger partial charge in [-0.25, -0.2) is 9.97 Å². The Kier molecular flexibility index (Phi) is 6.03. The van der Waals surface area contributed by atoms with Crippen LogP contribution in [0.25, 0.3) is 53.7 Å². The Balaban J connectivity index is 1.34. The molecule has 0 N–H and O–H groups in total. The summed E-state index contributed by atoms with van der Waals surface area (Å²) in [7, 11) is -3.00. The van der Waals surface area contributed by atoms with E-state index in [-0.39, 0.29) is 0 Å². The quantitative estimate of drug-likeness (QED) is 0.143. The Morgan fingerprint density at radius 1 is 0.542 bits per heavy atom. The molecule has 10 rings (SSSR count). The van der Waals surface area contributed by atoms with E-state index in [0.717, 1.165) is 22.0 Å². The first-order chi connectivity index (χ1) is 23.8. The Bertz CT molecular complexity index is 2760. The lowest BCUT2D eigenvalue weighted by Crippen LogP contribution is -2.75. The molecule has 0 unspecified atom stereocenters. The molecule has 0 radical (unpaired) electrons. The number of imidazole rings is 1.